The molecule has 2 heterocycles. The zero-order valence-electron chi connectivity index (χ0n) is 20.8. The summed E-state index contributed by atoms with van der Waals surface area (Å²) in [5.41, 5.74) is 0.708. The first-order chi connectivity index (χ1) is 18.3. The predicted molar refractivity (Wildman–Crippen MR) is 130 cm³/mol. The van der Waals surface area contributed by atoms with Gasteiger partial charge in [-0.2, -0.15) is 0 Å². The highest BCUT2D eigenvalue weighted by Crippen LogP contribution is 2.48. The molecular weight excluding hydrogens is 520 g/mol. The third-order valence-electron chi connectivity index (χ3n) is 6.48. The molecule has 13 heteroatoms. The number of carbonyl (C=O) groups excluding carboxylic acids is 1. The van der Waals surface area contributed by atoms with Crippen molar-refractivity contribution in [3.05, 3.63) is 46.5 Å². The Kier molecular flexibility index (Phi) is 7.61. The number of aliphatic hydroxyl groups is 3. The summed E-state index contributed by atoms with van der Waals surface area (Å²) in [6, 6.07) is 3.05. The summed E-state index contributed by atoms with van der Waals surface area (Å²) in [5.74, 6) is -4.75. The molecule has 6 atom stereocenters. The van der Waals surface area contributed by atoms with E-state index in [1.165, 1.54) is 0 Å². The van der Waals surface area contributed by atoms with Gasteiger partial charge in [0.15, 0.2) is 23.4 Å². The third kappa shape index (κ3) is 5.29. The van der Waals surface area contributed by atoms with E-state index < -0.39 is 71.6 Å². The zero-order chi connectivity index (χ0) is 28.8. The van der Waals surface area contributed by atoms with Crippen LogP contribution in [0.15, 0.2) is 29.8 Å². The molecule has 39 heavy (non-hydrogen) atoms. The summed E-state index contributed by atoms with van der Waals surface area (Å²) in [7, 11) is 0. The van der Waals surface area contributed by atoms with Crippen LogP contribution in [-0.2, 0) is 16.0 Å². The average Bonchev–Trinajstić information content (AvgIpc) is 2.85. The Morgan fingerprint density at radius 1 is 0.974 bits per heavy atom. The molecule has 210 valence electrons. The maximum atomic E-state index is 13.4. The van der Waals surface area contributed by atoms with Gasteiger partial charge in [-0.25, -0.2) is 4.79 Å². The second kappa shape index (κ2) is 10.6. The number of aliphatic carboxylic acids is 1. The number of rotatable bonds is 6. The van der Waals surface area contributed by atoms with Crippen molar-refractivity contribution in [2.45, 2.75) is 63.5 Å². The van der Waals surface area contributed by atoms with Gasteiger partial charge in [0.2, 0.25) is 6.29 Å². The summed E-state index contributed by atoms with van der Waals surface area (Å²) in [5, 5.41) is 80.6. The lowest BCUT2D eigenvalue weighted by molar-refractivity contribution is -0.271. The summed E-state index contributed by atoms with van der Waals surface area (Å²) < 4.78 is 16.8. The Morgan fingerprint density at radius 2 is 1.64 bits per heavy atom. The van der Waals surface area contributed by atoms with Crippen molar-refractivity contribution in [3.63, 3.8) is 0 Å². The van der Waals surface area contributed by atoms with Crippen molar-refractivity contribution in [3.8, 4) is 34.5 Å². The Labute approximate surface area is 221 Å². The van der Waals surface area contributed by atoms with Crippen molar-refractivity contribution < 1.29 is 64.7 Å². The van der Waals surface area contributed by atoms with Gasteiger partial charge in [0, 0.05) is 23.3 Å². The largest absolute Gasteiger partial charge is 0.507 e. The second-order valence-electron chi connectivity index (χ2n) is 9.55. The van der Waals surface area contributed by atoms with E-state index in [1.54, 1.807) is 19.9 Å². The molecule has 0 spiro atoms. The first-order valence-corrected chi connectivity index (χ1v) is 11.9. The normalized spacial score (nSPS) is 26.3. The van der Waals surface area contributed by atoms with Crippen LogP contribution < -0.4 is 9.47 Å². The number of phenols is 4. The molecule has 13 nitrogen and oxygen atoms in total. The van der Waals surface area contributed by atoms with Crippen LogP contribution >= 0.6 is 0 Å². The first kappa shape index (κ1) is 28.0. The number of carbonyl (C=O) groups is 2. The quantitative estimate of drug-likeness (QED) is 0.143. The van der Waals surface area contributed by atoms with Gasteiger partial charge in [-0.15, -0.1) is 0 Å². The number of allylic oxidation sites excluding steroid dienone is 2. The van der Waals surface area contributed by atoms with E-state index in [1.807, 2.05) is 0 Å². The average molecular weight is 548 g/mol. The van der Waals surface area contributed by atoms with Gasteiger partial charge in [-0.3, -0.25) is 4.79 Å². The fraction of sp³-hybridized carbons (Fsp3) is 0.385. The van der Waals surface area contributed by atoms with E-state index in [0.717, 1.165) is 23.8 Å². The highest BCUT2D eigenvalue weighted by molar-refractivity contribution is 6.03. The van der Waals surface area contributed by atoms with Crippen LogP contribution in [0, 0.1) is 0 Å². The Bertz CT molecular complexity index is 1330. The molecule has 0 aliphatic carbocycles. The second-order valence-corrected chi connectivity index (χ2v) is 9.55. The number of carboxylic acids is 1. The van der Waals surface area contributed by atoms with Crippen molar-refractivity contribution >= 4 is 11.8 Å². The van der Waals surface area contributed by atoms with Gasteiger partial charge in [-0.05, 0) is 26.3 Å². The number of ether oxygens (including phenoxy) is 3. The standard InChI is InChI=1S/C26H28O13/c1-9(2)3-4-10-13(28)7-18-19(16(31)8-17(37-18)11-5-14(29)15(30)6-12(11)27)23(10)38-26-22(34)20(32)21(33)24(39-26)25(35)36/h3,5-7,17,20-22,24,26-30,32-34H,4,8H2,1-2H3,(H,35,36). The highest BCUT2D eigenvalue weighted by atomic mass is 16.7. The lowest BCUT2D eigenvalue weighted by atomic mass is 9.92. The molecule has 2 aromatic rings. The van der Waals surface area contributed by atoms with Crippen LogP contribution in [0.3, 0.4) is 0 Å². The number of hydrogen-bond donors (Lipinski definition) is 8. The number of fused-ring (bicyclic) bond motifs is 1. The van der Waals surface area contributed by atoms with Crippen LogP contribution in [0.2, 0.25) is 0 Å². The molecule has 8 N–H and O–H groups in total. The lowest BCUT2D eigenvalue weighted by Crippen LogP contribution is -2.61. The van der Waals surface area contributed by atoms with Gasteiger partial charge in [-0.1, -0.05) is 11.6 Å². The Hall–Kier alpha value is -4.04. The Morgan fingerprint density at radius 3 is 2.28 bits per heavy atom. The van der Waals surface area contributed by atoms with Crippen molar-refractivity contribution in [2.75, 3.05) is 0 Å². The minimum Gasteiger partial charge on any atom is -0.507 e. The number of ketones is 1. The van der Waals surface area contributed by atoms with Gasteiger partial charge < -0.3 is 55.1 Å². The van der Waals surface area contributed by atoms with Crippen molar-refractivity contribution in [1.82, 2.24) is 0 Å². The highest BCUT2D eigenvalue weighted by Gasteiger charge is 2.49. The third-order valence-corrected chi connectivity index (χ3v) is 6.48. The number of aliphatic hydroxyl groups excluding tert-OH is 3. The van der Waals surface area contributed by atoms with E-state index in [9.17, 15) is 50.4 Å². The molecular formula is C26H28O13. The van der Waals surface area contributed by atoms with E-state index in [-0.39, 0.29) is 41.0 Å². The Balaban J connectivity index is 1.80. The number of benzene rings is 2. The molecule has 2 aliphatic heterocycles. The van der Waals surface area contributed by atoms with Crippen LogP contribution in [0.5, 0.6) is 34.5 Å². The first-order valence-electron chi connectivity index (χ1n) is 11.9. The number of hydrogen-bond acceptors (Lipinski definition) is 12. The topological polar surface area (TPSA) is 224 Å². The van der Waals surface area contributed by atoms with Crippen LogP contribution in [0.4, 0.5) is 0 Å². The van der Waals surface area contributed by atoms with Crippen LogP contribution in [0.25, 0.3) is 0 Å². The molecule has 0 bridgehead atoms. The minimum absolute atomic E-state index is 0.0210. The monoisotopic (exact) mass is 548 g/mol. The fourth-order valence-electron chi connectivity index (χ4n) is 4.40. The molecule has 2 aromatic carbocycles. The molecule has 4 rings (SSSR count). The molecule has 2 aliphatic rings. The minimum atomic E-state index is -1.97. The van der Waals surface area contributed by atoms with Crippen molar-refractivity contribution in [2.24, 2.45) is 0 Å². The number of aromatic hydroxyl groups is 4. The van der Waals surface area contributed by atoms with E-state index in [0.29, 0.717) is 0 Å². The summed E-state index contributed by atoms with van der Waals surface area (Å²) in [6.07, 6.45) is -9.50. The molecule has 0 saturated carbocycles. The summed E-state index contributed by atoms with van der Waals surface area (Å²) in [4.78, 5) is 25.0. The van der Waals surface area contributed by atoms with Gasteiger partial charge >= 0.3 is 5.97 Å². The van der Waals surface area contributed by atoms with Crippen LogP contribution in [0.1, 0.15) is 47.9 Å². The SMILES string of the molecule is CC(C)=CCc1c(O)cc2c(c1OC1OC(C(=O)O)C(O)C(O)C1O)C(=O)CC(c1cc(O)c(O)cc1O)O2. The van der Waals surface area contributed by atoms with E-state index in [2.05, 4.69) is 0 Å². The molecule has 1 fully saturated rings. The van der Waals surface area contributed by atoms with Gasteiger partial charge in [0.1, 0.15) is 53.0 Å². The lowest BCUT2D eigenvalue weighted by Gasteiger charge is -2.39. The smallest absolute Gasteiger partial charge is 0.335 e. The molecule has 1 saturated heterocycles. The molecule has 6 unspecified atom stereocenters. The molecule has 0 aromatic heterocycles. The summed E-state index contributed by atoms with van der Waals surface area (Å²) in [6.45, 7) is 3.58. The number of Topliss-reactive ketones (excluding diaryl/α,β-unsaturated/α-hetero) is 1. The van der Waals surface area contributed by atoms with Gasteiger partial charge in [0.25, 0.3) is 0 Å². The van der Waals surface area contributed by atoms with E-state index >= 15 is 0 Å². The molecule has 0 amide bonds. The number of phenolic OH excluding ortho intramolecular Hbond substituents is 4. The van der Waals surface area contributed by atoms with Gasteiger partial charge in [0.05, 0.1) is 6.42 Å². The summed E-state index contributed by atoms with van der Waals surface area (Å²) >= 11 is 0. The van der Waals surface area contributed by atoms with E-state index in [4.69, 9.17) is 14.2 Å². The maximum Gasteiger partial charge on any atom is 0.335 e. The zero-order valence-corrected chi connectivity index (χ0v) is 20.8. The van der Waals surface area contributed by atoms with Crippen molar-refractivity contribution in [1.29, 1.82) is 0 Å². The number of carboxylic acid groups (broad SMARTS) is 1. The predicted octanol–water partition coefficient (Wildman–Crippen LogP) is 0.995. The molecule has 0 radical (unpaired) electrons. The fourth-order valence-corrected chi connectivity index (χ4v) is 4.40. The maximum absolute atomic E-state index is 13.4. The van der Waals surface area contributed by atoms with Crippen LogP contribution in [-0.4, -0.2) is 83.3 Å².